The van der Waals surface area contributed by atoms with E-state index in [-0.39, 0.29) is 5.91 Å². The van der Waals surface area contributed by atoms with Crippen molar-refractivity contribution in [2.45, 2.75) is 25.4 Å². The van der Waals surface area contributed by atoms with Crippen LogP contribution in [0.2, 0.25) is 0 Å². The average Bonchev–Trinajstić information content (AvgIpc) is 2.20. The van der Waals surface area contributed by atoms with Crippen LogP contribution in [0.1, 0.15) is 25.5 Å². The lowest BCUT2D eigenvalue weighted by atomic mass is 9.96. The first kappa shape index (κ1) is 12.0. The lowest BCUT2D eigenvalue weighted by Gasteiger charge is -2.35. The van der Waals surface area contributed by atoms with Gasteiger partial charge in [-0.15, -0.1) is 0 Å². The molecule has 0 spiro atoms. The first-order chi connectivity index (χ1) is 7.88. The van der Waals surface area contributed by atoms with Crippen LogP contribution < -0.4 is 10.6 Å². The Balaban J connectivity index is 2.22. The summed E-state index contributed by atoms with van der Waals surface area (Å²) < 4.78 is 26.1. The Labute approximate surface area is 98.2 Å². The van der Waals surface area contributed by atoms with E-state index < -0.39 is 23.2 Å². The number of benzene rings is 1. The number of nitrogens with one attached hydrogen (secondary N) is 2. The lowest BCUT2D eigenvalue weighted by Crippen LogP contribution is -2.60. The summed E-state index contributed by atoms with van der Waals surface area (Å²) >= 11 is 0. The molecule has 1 unspecified atom stereocenters. The van der Waals surface area contributed by atoms with Gasteiger partial charge in [0.15, 0.2) is 0 Å². The molecule has 1 aromatic carbocycles. The van der Waals surface area contributed by atoms with Gasteiger partial charge in [0.25, 0.3) is 0 Å². The van der Waals surface area contributed by atoms with Crippen LogP contribution in [0.3, 0.4) is 0 Å². The van der Waals surface area contributed by atoms with E-state index in [9.17, 15) is 13.6 Å². The minimum atomic E-state index is -0.650. The number of amides is 1. The van der Waals surface area contributed by atoms with Crippen molar-refractivity contribution in [1.82, 2.24) is 10.6 Å². The van der Waals surface area contributed by atoms with Crippen molar-refractivity contribution in [3.05, 3.63) is 35.4 Å². The van der Waals surface area contributed by atoms with Gasteiger partial charge in [-0.1, -0.05) is 0 Å². The fourth-order valence-corrected chi connectivity index (χ4v) is 1.80. The summed E-state index contributed by atoms with van der Waals surface area (Å²) in [7, 11) is 0. The third-order valence-corrected chi connectivity index (χ3v) is 2.91. The Hall–Kier alpha value is -1.49. The molecule has 1 aliphatic heterocycles. The number of hydrogen-bond donors (Lipinski definition) is 2. The van der Waals surface area contributed by atoms with Crippen molar-refractivity contribution in [3.63, 3.8) is 0 Å². The molecule has 17 heavy (non-hydrogen) atoms. The molecule has 0 radical (unpaired) electrons. The molecule has 0 saturated carbocycles. The molecular weight excluding hydrogens is 226 g/mol. The largest absolute Gasteiger partial charge is 0.346 e. The SMILES string of the molecule is CC1(C)NCC(c2cc(F)cc(F)c2)NC1=O. The first-order valence-electron chi connectivity index (χ1n) is 5.40. The van der Waals surface area contributed by atoms with Gasteiger partial charge in [-0.25, -0.2) is 8.78 Å². The fraction of sp³-hybridized carbons (Fsp3) is 0.417. The first-order valence-corrected chi connectivity index (χ1v) is 5.40. The van der Waals surface area contributed by atoms with Crippen LogP contribution in [0.25, 0.3) is 0 Å². The maximum atomic E-state index is 13.1. The van der Waals surface area contributed by atoms with Crippen LogP contribution in [-0.2, 0) is 4.79 Å². The Morgan fingerprint density at radius 3 is 2.35 bits per heavy atom. The second-order valence-electron chi connectivity index (χ2n) is 4.73. The van der Waals surface area contributed by atoms with E-state index in [0.29, 0.717) is 12.1 Å². The molecule has 1 aromatic rings. The molecule has 1 atom stereocenters. The summed E-state index contributed by atoms with van der Waals surface area (Å²) in [5.41, 5.74) is -0.221. The van der Waals surface area contributed by atoms with Crippen molar-refractivity contribution < 1.29 is 13.6 Å². The van der Waals surface area contributed by atoms with E-state index in [1.807, 2.05) is 0 Å². The van der Waals surface area contributed by atoms with E-state index in [1.165, 1.54) is 12.1 Å². The van der Waals surface area contributed by atoms with Gasteiger partial charge >= 0.3 is 0 Å². The van der Waals surface area contributed by atoms with Gasteiger partial charge in [0.05, 0.1) is 11.6 Å². The number of piperazine rings is 1. The van der Waals surface area contributed by atoms with Crippen LogP contribution >= 0.6 is 0 Å². The minimum Gasteiger partial charge on any atom is -0.346 e. The van der Waals surface area contributed by atoms with Crippen molar-refractivity contribution in [2.24, 2.45) is 0 Å². The van der Waals surface area contributed by atoms with E-state index in [4.69, 9.17) is 0 Å². The Morgan fingerprint density at radius 2 is 1.82 bits per heavy atom. The predicted molar refractivity (Wildman–Crippen MR) is 59.3 cm³/mol. The van der Waals surface area contributed by atoms with Crippen LogP contribution in [0, 0.1) is 11.6 Å². The Morgan fingerprint density at radius 1 is 1.24 bits per heavy atom. The molecule has 0 aromatic heterocycles. The van der Waals surface area contributed by atoms with Gasteiger partial charge in [0, 0.05) is 12.6 Å². The molecule has 0 aliphatic carbocycles. The molecule has 1 heterocycles. The fourth-order valence-electron chi connectivity index (χ4n) is 1.80. The van der Waals surface area contributed by atoms with E-state index >= 15 is 0 Å². The van der Waals surface area contributed by atoms with Crippen molar-refractivity contribution in [1.29, 1.82) is 0 Å². The molecule has 0 bridgehead atoms. The van der Waals surface area contributed by atoms with Gasteiger partial charge in [0.2, 0.25) is 5.91 Å². The predicted octanol–water partition coefficient (Wildman–Crippen LogP) is 1.50. The number of hydrogen-bond acceptors (Lipinski definition) is 2. The maximum absolute atomic E-state index is 13.1. The highest BCUT2D eigenvalue weighted by atomic mass is 19.1. The van der Waals surface area contributed by atoms with Crippen LogP contribution in [-0.4, -0.2) is 18.0 Å². The zero-order valence-electron chi connectivity index (χ0n) is 9.68. The highest BCUT2D eigenvalue weighted by Gasteiger charge is 2.34. The molecule has 1 aliphatic rings. The third kappa shape index (κ3) is 2.44. The summed E-state index contributed by atoms with van der Waals surface area (Å²) in [6, 6.07) is 2.87. The monoisotopic (exact) mass is 240 g/mol. The molecule has 3 nitrogen and oxygen atoms in total. The van der Waals surface area contributed by atoms with Gasteiger partial charge in [0.1, 0.15) is 11.6 Å². The molecule has 1 amide bonds. The summed E-state index contributed by atoms with van der Waals surface area (Å²) in [5.74, 6) is -1.46. The highest BCUT2D eigenvalue weighted by Crippen LogP contribution is 2.20. The average molecular weight is 240 g/mol. The van der Waals surface area contributed by atoms with E-state index in [1.54, 1.807) is 13.8 Å². The second-order valence-corrected chi connectivity index (χ2v) is 4.73. The third-order valence-electron chi connectivity index (χ3n) is 2.91. The summed E-state index contributed by atoms with van der Waals surface area (Å²) in [5, 5.41) is 5.78. The van der Waals surface area contributed by atoms with Crippen molar-refractivity contribution in [3.8, 4) is 0 Å². The summed E-state index contributed by atoms with van der Waals surface area (Å²) in [6.45, 7) is 3.96. The molecule has 1 fully saturated rings. The number of halogens is 2. The molecule has 1 saturated heterocycles. The number of rotatable bonds is 1. The van der Waals surface area contributed by atoms with Crippen LogP contribution in [0.5, 0.6) is 0 Å². The number of carbonyl (C=O) groups excluding carboxylic acids is 1. The van der Waals surface area contributed by atoms with Gasteiger partial charge in [-0.3, -0.25) is 4.79 Å². The topological polar surface area (TPSA) is 41.1 Å². The molecule has 2 N–H and O–H groups in total. The van der Waals surface area contributed by atoms with Crippen molar-refractivity contribution >= 4 is 5.91 Å². The van der Waals surface area contributed by atoms with Crippen molar-refractivity contribution in [2.75, 3.05) is 6.54 Å². The standard InChI is InChI=1S/C12H14F2N2O/c1-12(2)11(17)16-10(6-15-12)7-3-8(13)5-9(14)4-7/h3-5,10,15H,6H2,1-2H3,(H,16,17). The molecule has 5 heteroatoms. The lowest BCUT2D eigenvalue weighted by molar-refractivity contribution is -0.129. The summed E-state index contributed by atoms with van der Waals surface area (Å²) in [6.07, 6.45) is 0. The molecule has 92 valence electrons. The molecule has 2 rings (SSSR count). The Bertz CT molecular complexity index is 440. The van der Waals surface area contributed by atoms with Gasteiger partial charge in [-0.2, -0.15) is 0 Å². The van der Waals surface area contributed by atoms with Crippen LogP contribution in [0.4, 0.5) is 8.78 Å². The molecular formula is C12H14F2N2O. The minimum absolute atomic E-state index is 0.182. The van der Waals surface area contributed by atoms with Gasteiger partial charge in [-0.05, 0) is 31.5 Å². The van der Waals surface area contributed by atoms with Crippen LogP contribution in [0.15, 0.2) is 18.2 Å². The highest BCUT2D eigenvalue weighted by molar-refractivity contribution is 5.86. The maximum Gasteiger partial charge on any atom is 0.240 e. The second kappa shape index (κ2) is 4.07. The normalized spacial score (nSPS) is 23.3. The quantitative estimate of drug-likeness (QED) is 0.781. The smallest absolute Gasteiger partial charge is 0.240 e. The zero-order valence-corrected chi connectivity index (χ0v) is 9.68. The van der Waals surface area contributed by atoms with Gasteiger partial charge < -0.3 is 10.6 Å². The zero-order chi connectivity index (χ0) is 12.6. The van der Waals surface area contributed by atoms with E-state index in [0.717, 1.165) is 6.07 Å². The summed E-state index contributed by atoms with van der Waals surface area (Å²) in [4.78, 5) is 11.7. The van der Waals surface area contributed by atoms with E-state index in [2.05, 4.69) is 10.6 Å². The number of carbonyl (C=O) groups is 1. The Kier molecular flexibility index (Phi) is 2.87.